The van der Waals surface area contributed by atoms with E-state index in [-0.39, 0.29) is 15.8 Å². The highest BCUT2D eigenvalue weighted by atomic mass is 35.5. The lowest BCUT2D eigenvalue weighted by Crippen LogP contribution is -2.14. The van der Waals surface area contributed by atoms with Gasteiger partial charge in [-0.1, -0.05) is 47.1 Å². The molecule has 0 aliphatic rings. The molecule has 9 heteroatoms. The van der Waals surface area contributed by atoms with E-state index in [2.05, 4.69) is 9.88 Å². The molecule has 0 atom stereocenters. The number of thiophene rings is 1. The van der Waals surface area contributed by atoms with Crippen molar-refractivity contribution in [1.82, 2.24) is 5.16 Å². The molecule has 2 heterocycles. The number of halogens is 1. The Morgan fingerprint density at radius 2 is 1.83 bits per heavy atom. The summed E-state index contributed by atoms with van der Waals surface area (Å²) < 4.78 is 35.1. The van der Waals surface area contributed by atoms with Crippen LogP contribution in [0.4, 0.5) is 11.6 Å². The molecule has 4 rings (SSSR count). The summed E-state index contributed by atoms with van der Waals surface area (Å²) in [6.07, 6.45) is 0.493. The Labute approximate surface area is 184 Å². The predicted molar refractivity (Wildman–Crippen MR) is 122 cm³/mol. The van der Waals surface area contributed by atoms with E-state index in [0.717, 1.165) is 20.8 Å². The molecule has 0 fully saturated rings. The van der Waals surface area contributed by atoms with Crippen LogP contribution in [0, 0.1) is 6.92 Å². The van der Waals surface area contributed by atoms with Crippen molar-refractivity contribution in [1.29, 1.82) is 0 Å². The third kappa shape index (κ3) is 3.90. The Hall–Kier alpha value is -2.55. The van der Waals surface area contributed by atoms with E-state index < -0.39 is 10.0 Å². The van der Waals surface area contributed by atoms with E-state index >= 15 is 0 Å². The van der Waals surface area contributed by atoms with Gasteiger partial charge in [0.25, 0.3) is 15.9 Å². The van der Waals surface area contributed by atoms with Gasteiger partial charge in [0.1, 0.15) is 15.6 Å². The molecule has 0 bridgehead atoms. The Kier molecular flexibility index (Phi) is 5.48. The van der Waals surface area contributed by atoms with E-state index in [1.54, 1.807) is 6.92 Å². The first-order valence-electron chi connectivity index (χ1n) is 9.17. The summed E-state index contributed by atoms with van der Waals surface area (Å²) in [4.78, 5) is 3.00. The first kappa shape index (κ1) is 20.7. The SMILES string of the molecule is Cc1noc(NS(=O)(=O)c2c(Cc3ccc(N(C)C)cc3)sc3ccccc23)c1Cl. The standard InChI is InChI=1S/C21H20ClN3O3S2/c1-13-19(22)21(28-23-13)24-30(26,27)20-16-6-4-5-7-17(16)29-18(20)12-14-8-10-15(11-9-14)25(2)3/h4-11,24H,12H2,1-3H3. The second-order valence-corrected chi connectivity index (χ2v) is 10.2. The lowest BCUT2D eigenvalue weighted by Gasteiger charge is -2.13. The van der Waals surface area contributed by atoms with E-state index in [0.29, 0.717) is 17.5 Å². The molecule has 4 aromatic rings. The second kappa shape index (κ2) is 7.94. The van der Waals surface area contributed by atoms with Gasteiger partial charge in [-0.3, -0.25) is 0 Å². The number of nitrogens with one attached hydrogen (secondary N) is 1. The fraction of sp³-hybridized carbons (Fsp3) is 0.190. The van der Waals surface area contributed by atoms with Crippen molar-refractivity contribution in [3.8, 4) is 0 Å². The largest absolute Gasteiger partial charge is 0.378 e. The number of sulfonamides is 1. The van der Waals surface area contributed by atoms with Crippen LogP contribution in [0.3, 0.4) is 0 Å². The quantitative estimate of drug-likeness (QED) is 0.421. The Morgan fingerprint density at radius 1 is 1.13 bits per heavy atom. The molecule has 2 aromatic carbocycles. The van der Waals surface area contributed by atoms with Crippen LogP contribution in [0.25, 0.3) is 10.1 Å². The van der Waals surface area contributed by atoms with Crippen molar-refractivity contribution in [2.24, 2.45) is 0 Å². The van der Waals surface area contributed by atoms with Crippen LogP contribution in [0.15, 0.2) is 57.9 Å². The van der Waals surface area contributed by atoms with Crippen LogP contribution >= 0.6 is 22.9 Å². The molecule has 0 unspecified atom stereocenters. The maximum Gasteiger partial charge on any atom is 0.266 e. The van der Waals surface area contributed by atoms with E-state index in [4.69, 9.17) is 16.1 Å². The Bertz CT molecular complexity index is 1310. The molecule has 30 heavy (non-hydrogen) atoms. The van der Waals surface area contributed by atoms with Crippen molar-refractivity contribution in [2.75, 3.05) is 23.7 Å². The van der Waals surface area contributed by atoms with E-state index in [1.807, 2.05) is 67.5 Å². The maximum atomic E-state index is 13.3. The number of aromatic nitrogens is 1. The lowest BCUT2D eigenvalue weighted by atomic mass is 10.1. The van der Waals surface area contributed by atoms with Gasteiger partial charge in [0.2, 0.25) is 0 Å². The van der Waals surface area contributed by atoms with Crippen molar-refractivity contribution in [3.05, 3.63) is 69.7 Å². The van der Waals surface area contributed by atoms with Crippen LogP contribution in [0.2, 0.25) is 5.02 Å². The van der Waals surface area contributed by atoms with Crippen molar-refractivity contribution >= 4 is 54.6 Å². The van der Waals surface area contributed by atoms with Gasteiger partial charge in [0, 0.05) is 41.2 Å². The predicted octanol–water partition coefficient (Wildman–Crippen LogP) is 5.31. The molecule has 0 spiro atoms. The van der Waals surface area contributed by atoms with Gasteiger partial charge in [-0.25, -0.2) is 13.1 Å². The average molecular weight is 462 g/mol. The minimum Gasteiger partial charge on any atom is -0.378 e. The summed E-state index contributed by atoms with van der Waals surface area (Å²) in [6.45, 7) is 1.65. The number of anilines is 2. The Morgan fingerprint density at radius 3 is 2.47 bits per heavy atom. The number of hydrogen-bond donors (Lipinski definition) is 1. The van der Waals surface area contributed by atoms with Gasteiger partial charge in [-0.05, 0) is 30.7 Å². The molecule has 0 aliphatic carbocycles. The molecule has 156 valence electrons. The van der Waals surface area contributed by atoms with Gasteiger partial charge >= 0.3 is 0 Å². The molecule has 0 saturated heterocycles. The number of nitrogens with zero attached hydrogens (tertiary/aromatic N) is 2. The van der Waals surface area contributed by atoms with Crippen LogP contribution in [0.1, 0.15) is 16.1 Å². The summed E-state index contributed by atoms with van der Waals surface area (Å²) in [5.41, 5.74) is 2.53. The zero-order valence-corrected chi connectivity index (χ0v) is 19.0. The molecular formula is C21H20ClN3O3S2. The molecule has 0 radical (unpaired) electrons. The zero-order chi connectivity index (χ0) is 21.5. The lowest BCUT2D eigenvalue weighted by molar-refractivity contribution is 0.430. The summed E-state index contributed by atoms with van der Waals surface area (Å²) in [6, 6.07) is 15.5. The minimum atomic E-state index is -3.94. The number of hydrogen-bond acceptors (Lipinski definition) is 6. The smallest absolute Gasteiger partial charge is 0.266 e. The number of aryl methyl sites for hydroxylation is 1. The summed E-state index contributed by atoms with van der Waals surface area (Å²) in [5.74, 6) is -0.0780. The van der Waals surface area contributed by atoms with E-state index in [9.17, 15) is 8.42 Å². The fourth-order valence-electron chi connectivity index (χ4n) is 3.18. The molecule has 0 amide bonds. The summed E-state index contributed by atoms with van der Waals surface area (Å²) >= 11 is 7.59. The van der Waals surface area contributed by atoms with Gasteiger partial charge < -0.3 is 9.42 Å². The third-order valence-electron chi connectivity index (χ3n) is 4.72. The maximum absolute atomic E-state index is 13.3. The molecule has 6 nitrogen and oxygen atoms in total. The molecule has 1 N–H and O–H groups in total. The van der Waals surface area contributed by atoms with Crippen LogP contribution in [0.5, 0.6) is 0 Å². The van der Waals surface area contributed by atoms with Crippen LogP contribution in [-0.2, 0) is 16.4 Å². The minimum absolute atomic E-state index is 0.0780. The summed E-state index contributed by atoms with van der Waals surface area (Å²) in [5, 5.41) is 4.54. The van der Waals surface area contributed by atoms with Crippen LogP contribution < -0.4 is 9.62 Å². The summed E-state index contributed by atoms with van der Waals surface area (Å²) in [7, 11) is 0.0156. The molecule has 0 aliphatic heterocycles. The van der Waals surface area contributed by atoms with Crippen molar-refractivity contribution in [2.45, 2.75) is 18.2 Å². The van der Waals surface area contributed by atoms with Crippen molar-refractivity contribution in [3.63, 3.8) is 0 Å². The fourth-order valence-corrected chi connectivity index (χ4v) is 6.33. The first-order chi connectivity index (χ1) is 14.3. The van der Waals surface area contributed by atoms with E-state index in [1.165, 1.54) is 11.3 Å². The monoisotopic (exact) mass is 461 g/mol. The third-order valence-corrected chi connectivity index (χ3v) is 7.93. The Balaban J connectivity index is 1.77. The molecule has 0 saturated carbocycles. The second-order valence-electron chi connectivity index (χ2n) is 7.10. The van der Waals surface area contributed by atoms with Gasteiger partial charge in [0.05, 0.1) is 0 Å². The highest BCUT2D eigenvalue weighted by Crippen LogP contribution is 2.38. The molecule has 2 aromatic heterocycles. The van der Waals surface area contributed by atoms with Gasteiger partial charge in [0.15, 0.2) is 0 Å². The highest BCUT2D eigenvalue weighted by molar-refractivity contribution is 7.93. The number of benzene rings is 2. The van der Waals surface area contributed by atoms with Crippen molar-refractivity contribution < 1.29 is 12.9 Å². The van der Waals surface area contributed by atoms with Gasteiger partial charge in [-0.15, -0.1) is 11.3 Å². The molecular weight excluding hydrogens is 442 g/mol. The van der Waals surface area contributed by atoms with Gasteiger partial charge in [-0.2, -0.15) is 0 Å². The topological polar surface area (TPSA) is 75.4 Å². The number of fused-ring (bicyclic) bond motifs is 1. The number of rotatable bonds is 6. The van der Waals surface area contributed by atoms with Crippen LogP contribution in [-0.4, -0.2) is 27.7 Å². The zero-order valence-electron chi connectivity index (χ0n) is 16.6. The first-order valence-corrected chi connectivity index (χ1v) is 11.9. The highest BCUT2D eigenvalue weighted by Gasteiger charge is 2.27. The normalized spacial score (nSPS) is 11.7. The average Bonchev–Trinajstić information content (AvgIpc) is 3.23.